The maximum Gasteiger partial charge on any atom is 0.305 e. The third-order valence-electron chi connectivity index (χ3n) is 4.67. The predicted molar refractivity (Wildman–Crippen MR) is 100 cm³/mol. The van der Waals surface area contributed by atoms with E-state index in [0.717, 1.165) is 19.3 Å². The molecular formula is C20H32O9. The van der Waals surface area contributed by atoms with E-state index in [1.54, 1.807) is 0 Å². The summed E-state index contributed by atoms with van der Waals surface area (Å²) < 4.78 is 27.3. The Balaban J connectivity index is 3.33. The largest absolute Gasteiger partial charge is 0.465 e. The zero-order valence-electron chi connectivity index (χ0n) is 18.0. The quantitative estimate of drug-likeness (QED) is 0.412. The first-order valence-electron chi connectivity index (χ1n) is 9.87. The zero-order valence-corrected chi connectivity index (χ0v) is 18.0. The first-order chi connectivity index (χ1) is 13.6. The summed E-state index contributed by atoms with van der Waals surface area (Å²) in [6.07, 6.45) is -1.13. The van der Waals surface area contributed by atoms with Crippen LogP contribution in [0.25, 0.3) is 0 Å². The number of hydrogen-bond acceptors (Lipinski definition) is 9. The van der Waals surface area contributed by atoms with E-state index in [4.69, 9.17) is 23.7 Å². The molecule has 1 fully saturated rings. The smallest absolute Gasteiger partial charge is 0.305 e. The number of carbonyl (C=O) groups excluding carboxylic acids is 4. The minimum atomic E-state index is -1.21. The molecule has 0 amide bonds. The van der Waals surface area contributed by atoms with Crippen molar-refractivity contribution < 1.29 is 42.9 Å². The SMILES string of the molecule is CCCCC(C)C1OC(OC(C)=O)C(OC(C)=O)C(COC(C)=O)C1OC(C)=O. The van der Waals surface area contributed by atoms with Crippen molar-refractivity contribution in [1.29, 1.82) is 0 Å². The highest BCUT2D eigenvalue weighted by Gasteiger charge is 2.52. The van der Waals surface area contributed by atoms with Gasteiger partial charge < -0.3 is 23.7 Å². The van der Waals surface area contributed by atoms with Gasteiger partial charge in [0.15, 0.2) is 6.10 Å². The molecule has 0 bridgehead atoms. The van der Waals surface area contributed by atoms with E-state index in [0.29, 0.717) is 0 Å². The summed E-state index contributed by atoms with van der Waals surface area (Å²) in [7, 11) is 0. The fraction of sp³-hybridized carbons (Fsp3) is 0.800. The van der Waals surface area contributed by atoms with Gasteiger partial charge in [0.25, 0.3) is 0 Å². The van der Waals surface area contributed by atoms with Crippen LogP contribution in [0.15, 0.2) is 0 Å². The van der Waals surface area contributed by atoms with Crippen LogP contribution >= 0.6 is 0 Å². The topological polar surface area (TPSA) is 114 Å². The van der Waals surface area contributed by atoms with Crippen LogP contribution in [0.5, 0.6) is 0 Å². The lowest BCUT2D eigenvalue weighted by Gasteiger charge is -2.46. The molecule has 0 aromatic heterocycles. The molecule has 6 unspecified atom stereocenters. The summed E-state index contributed by atoms with van der Waals surface area (Å²) in [5.41, 5.74) is 0. The predicted octanol–water partition coefficient (Wildman–Crippen LogP) is 2.14. The Morgan fingerprint density at radius 3 is 1.90 bits per heavy atom. The Morgan fingerprint density at radius 1 is 0.862 bits per heavy atom. The summed E-state index contributed by atoms with van der Waals surface area (Å²) in [5.74, 6) is -3.17. The molecule has 1 aliphatic heterocycles. The van der Waals surface area contributed by atoms with E-state index in [1.165, 1.54) is 27.7 Å². The van der Waals surface area contributed by atoms with Gasteiger partial charge in [0.05, 0.1) is 5.92 Å². The number of esters is 4. The van der Waals surface area contributed by atoms with Crippen LogP contribution in [0.4, 0.5) is 0 Å². The van der Waals surface area contributed by atoms with E-state index in [9.17, 15) is 19.2 Å². The van der Waals surface area contributed by atoms with Gasteiger partial charge >= 0.3 is 23.9 Å². The lowest BCUT2D eigenvalue weighted by Crippen LogP contribution is -2.60. The van der Waals surface area contributed by atoms with Crippen LogP contribution in [-0.2, 0) is 42.9 Å². The Hall–Kier alpha value is -2.16. The summed E-state index contributed by atoms with van der Waals surface area (Å²) in [6, 6.07) is 0. The molecule has 1 heterocycles. The normalized spacial score (nSPS) is 27.4. The molecule has 9 heteroatoms. The van der Waals surface area contributed by atoms with Gasteiger partial charge in [-0.25, -0.2) is 0 Å². The molecule has 0 aliphatic carbocycles. The summed E-state index contributed by atoms with van der Waals surface area (Å²) in [4.78, 5) is 46.5. The molecule has 0 saturated carbocycles. The van der Waals surface area contributed by atoms with Crippen LogP contribution < -0.4 is 0 Å². The Kier molecular flexibility index (Phi) is 10.1. The van der Waals surface area contributed by atoms with E-state index >= 15 is 0 Å². The van der Waals surface area contributed by atoms with Crippen molar-refractivity contribution in [2.45, 2.75) is 85.4 Å². The molecule has 9 nitrogen and oxygen atoms in total. The molecule has 0 N–H and O–H groups in total. The lowest BCUT2D eigenvalue weighted by atomic mass is 9.82. The summed E-state index contributed by atoms with van der Waals surface area (Å²) in [6.45, 7) is 8.72. The Morgan fingerprint density at radius 2 is 1.41 bits per heavy atom. The van der Waals surface area contributed by atoms with Crippen molar-refractivity contribution in [2.75, 3.05) is 6.61 Å². The van der Waals surface area contributed by atoms with Crippen molar-refractivity contribution in [3.8, 4) is 0 Å². The van der Waals surface area contributed by atoms with Gasteiger partial charge in [-0.2, -0.15) is 0 Å². The number of ether oxygens (including phenoxy) is 5. The molecule has 0 aromatic rings. The zero-order chi connectivity index (χ0) is 22.1. The van der Waals surface area contributed by atoms with Crippen molar-refractivity contribution >= 4 is 23.9 Å². The number of rotatable bonds is 9. The van der Waals surface area contributed by atoms with E-state index in [-0.39, 0.29) is 12.5 Å². The minimum Gasteiger partial charge on any atom is -0.465 e. The van der Waals surface area contributed by atoms with Crippen molar-refractivity contribution in [3.63, 3.8) is 0 Å². The molecule has 0 aromatic carbocycles. The summed E-state index contributed by atoms with van der Waals surface area (Å²) in [5, 5.41) is 0. The second-order valence-electron chi connectivity index (χ2n) is 7.31. The molecule has 0 spiro atoms. The van der Waals surface area contributed by atoms with Gasteiger partial charge in [0.1, 0.15) is 18.8 Å². The lowest BCUT2D eigenvalue weighted by molar-refractivity contribution is -0.294. The molecule has 0 radical (unpaired) electrons. The van der Waals surface area contributed by atoms with Crippen LogP contribution in [0, 0.1) is 11.8 Å². The first-order valence-corrected chi connectivity index (χ1v) is 9.87. The highest BCUT2D eigenvalue weighted by molar-refractivity contribution is 5.68. The second kappa shape index (κ2) is 11.7. The summed E-state index contributed by atoms with van der Waals surface area (Å²) >= 11 is 0. The van der Waals surface area contributed by atoms with Gasteiger partial charge in [0, 0.05) is 27.7 Å². The molecule has 1 aliphatic rings. The monoisotopic (exact) mass is 416 g/mol. The first kappa shape index (κ1) is 24.9. The molecule has 166 valence electrons. The van der Waals surface area contributed by atoms with Crippen LogP contribution in [0.2, 0.25) is 0 Å². The average Bonchev–Trinajstić information content (AvgIpc) is 2.59. The molecule has 1 saturated heterocycles. The van der Waals surface area contributed by atoms with Gasteiger partial charge in [-0.15, -0.1) is 0 Å². The highest BCUT2D eigenvalue weighted by atomic mass is 16.7. The van der Waals surface area contributed by atoms with E-state index in [1.807, 2.05) is 6.92 Å². The molecular weight excluding hydrogens is 384 g/mol. The van der Waals surface area contributed by atoms with Crippen LogP contribution in [0.3, 0.4) is 0 Å². The Labute approximate surface area is 171 Å². The Bertz CT molecular complexity index is 589. The van der Waals surface area contributed by atoms with Gasteiger partial charge in [0.2, 0.25) is 6.29 Å². The number of carbonyl (C=O) groups is 4. The second-order valence-corrected chi connectivity index (χ2v) is 7.31. The maximum absolute atomic E-state index is 11.8. The van der Waals surface area contributed by atoms with E-state index in [2.05, 4.69) is 6.92 Å². The standard InChI is InChI=1S/C20H32O9/c1-7-8-9-11(2)17-18(26-13(4)22)16(10-25-12(3)21)19(27-14(5)23)20(29-17)28-15(6)24/h11,16-20H,7-10H2,1-6H3. The van der Waals surface area contributed by atoms with Gasteiger partial charge in [-0.3, -0.25) is 19.2 Å². The van der Waals surface area contributed by atoms with Gasteiger partial charge in [-0.1, -0.05) is 26.7 Å². The minimum absolute atomic E-state index is 0.0598. The fourth-order valence-corrected chi connectivity index (χ4v) is 3.43. The third-order valence-corrected chi connectivity index (χ3v) is 4.67. The molecule has 29 heavy (non-hydrogen) atoms. The fourth-order valence-electron chi connectivity index (χ4n) is 3.43. The van der Waals surface area contributed by atoms with Crippen molar-refractivity contribution in [2.24, 2.45) is 11.8 Å². The number of unbranched alkanes of at least 4 members (excludes halogenated alkanes) is 1. The number of hydrogen-bond donors (Lipinski definition) is 0. The molecule has 1 rings (SSSR count). The van der Waals surface area contributed by atoms with Crippen LogP contribution in [0.1, 0.15) is 60.8 Å². The average molecular weight is 416 g/mol. The third kappa shape index (κ3) is 8.00. The molecule has 6 atom stereocenters. The van der Waals surface area contributed by atoms with Crippen molar-refractivity contribution in [1.82, 2.24) is 0 Å². The highest BCUT2D eigenvalue weighted by Crippen LogP contribution is 2.36. The van der Waals surface area contributed by atoms with Gasteiger partial charge in [-0.05, 0) is 12.3 Å². The van der Waals surface area contributed by atoms with Crippen molar-refractivity contribution in [3.05, 3.63) is 0 Å². The van der Waals surface area contributed by atoms with Crippen LogP contribution in [-0.4, -0.2) is 55.1 Å². The van der Waals surface area contributed by atoms with E-state index < -0.39 is 54.4 Å². The maximum atomic E-state index is 11.8.